The number of hydrogen-bond donors (Lipinski definition) is 0. The number of hydrogen-bond acceptors (Lipinski definition) is 1. The van der Waals surface area contributed by atoms with Crippen molar-refractivity contribution in [2.24, 2.45) is 0 Å². The predicted octanol–water partition coefficient (Wildman–Crippen LogP) is 1.98. The Morgan fingerprint density at radius 1 is 1.22 bits per heavy atom. The Bertz CT molecular complexity index is 209. The monoisotopic (exact) mass is 181 g/mol. The fourth-order valence-electron chi connectivity index (χ4n) is 0.234. The first-order valence-corrected chi connectivity index (χ1v) is 3.03. The number of allylic oxidation sites excluding steroid dienone is 4. The van der Waals surface area contributed by atoms with Gasteiger partial charge in [-0.05, 0) is 10.9 Å². The van der Waals surface area contributed by atoms with E-state index in [0.717, 1.165) is 0 Å². The summed E-state index contributed by atoms with van der Waals surface area (Å²) in [6.45, 7) is 0. The lowest BCUT2D eigenvalue weighted by Crippen LogP contribution is -1.47. The van der Waals surface area contributed by atoms with Crippen LogP contribution in [0.3, 0.4) is 0 Å². The summed E-state index contributed by atoms with van der Waals surface area (Å²) in [5, 5.41) is 8.01. The molecule has 0 radical (unpaired) electrons. The van der Waals surface area contributed by atoms with E-state index < -0.39 is 0 Å². The Hall–Kier alpha value is -0.990. The van der Waals surface area contributed by atoms with Crippen molar-refractivity contribution in [2.45, 2.75) is 0 Å². The van der Waals surface area contributed by atoms with Crippen LogP contribution >= 0.6 is 15.9 Å². The predicted molar refractivity (Wildman–Crippen MR) is 40.6 cm³/mol. The second-order valence-electron chi connectivity index (χ2n) is 1.09. The summed E-state index contributed by atoms with van der Waals surface area (Å²) in [4.78, 5) is 2.50. The first kappa shape index (κ1) is 8.01. The lowest BCUT2D eigenvalue weighted by atomic mass is 10.4. The topological polar surface area (TPSA) is 23.8 Å². The molecule has 0 fully saturated rings. The zero-order valence-corrected chi connectivity index (χ0v) is 6.22. The molecule has 0 atom stereocenters. The summed E-state index contributed by atoms with van der Waals surface area (Å²) in [7, 11) is 0. The van der Waals surface area contributed by atoms with E-state index in [4.69, 9.17) is 5.26 Å². The molecule has 0 aromatic carbocycles. The van der Waals surface area contributed by atoms with E-state index >= 15 is 0 Å². The summed E-state index contributed by atoms with van der Waals surface area (Å²) in [5.41, 5.74) is 0. The Morgan fingerprint density at radius 3 is 2.44 bits per heavy atom. The van der Waals surface area contributed by atoms with Crippen LogP contribution in [-0.4, -0.2) is 0 Å². The number of halogens is 1. The molecule has 1 nitrogen and oxygen atoms in total. The van der Waals surface area contributed by atoms with Gasteiger partial charge in [0.05, 0.1) is 6.07 Å². The Morgan fingerprint density at radius 2 is 1.89 bits per heavy atom. The van der Waals surface area contributed by atoms with E-state index in [0.29, 0.717) is 0 Å². The molecule has 0 aliphatic heterocycles. The van der Waals surface area contributed by atoms with Gasteiger partial charge in [-0.2, -0.15) is 5.26 Å². The van der Waals surface area contributed by atoms with Crippen molar-refractivity contribution in [1.82, 2.24) is 0 Å². The molecule has 0 aliphatic carbocycles. The fraction of sp³-hybridized carbons (Fsp3) is 0. The molecule has 0 unspecified atom stereocenters. The van der Waals surface area contributed by atoms with Crippen molar-refractivity contribution < 1.29 is 0 Å². The van der Waals surface area contributed by atoms with E-state index in [1.807, 2.05) is 6.07 Å². The van der Waals surface area contributed by atoms with Crippen LogP contribution in [0.2, 0.25) is 0 Å². The van der Waals surface area contributed by atoms with Gasteiger partial charge in [0.15, 0.2) is 0 Å². The van der Waals surface area contributed by atoms with Gasteiger partial charge in [0.2, 0.25) is 0 Å². The minimum absolute atomic E-state index is 1.38. The molecule has 0 bridgehead atoms. The molecule has 2 heteroatoms. The van der Waals surface area contributed by atoms with Gasteiger partial charge in [-0.15, -0.1) is 0 Å². The van der Waals surface area contributed by atoms with Crippen molar-refractivity contribution in [3.05, 3.63) is 24.3 Å². The molecule has 0 amide bonds. The highest BCUT2D eigenvalue weighted by molar-refractivity contribution is 9.12. The van der Waals surface area contributed by atoms with Crippen molar-refractivity contribution in [3.63, 3.8) is 0 Å². The average Bonchev–Trinajstić information content (AvgIpc) is 1.89. The highest BCUT2D eigenvalue weighted by Crippen LogP contribution is 1.75. The summed E-state index contributed by atoms with van der Waals surface area (Å²) >= 11 is 2.92. The lowest BCUT2D eigenvalue weighted by Gasteiger charge is -1.62. The van der Waals surface area contributed by atoms with Crippen LogP contribution in [0.5, 0.6) is 0 Å². The second-order valence-corrected chi connectivity index (χ2v) is 1.48. The Kier molecular flexibility index (Phi) is 6.24. The minimum atomic E-state index is 1.38. The quantitative estimate of drug-likeness (QED) is 0.345. The van der Waals surface area contributed by atoms with Crippen LogP contribution in [0.25, 0.3) is 0 Å². The fourth-order valence-corrected chi connectivity index (χ4v) is 0.366. The van der Waals surface area contributed by atoms with E-state index in [-0.39, 0.29) is 0 Å². The van der Waals surface area contributed by atoms with Gasteiger partial charge in [0.25, 0.3) is 0 Å². The van der Waals surface area contributed by atoms with Crippen molar-refractivity contribution in [3.8, 4) is 16.8 Å². The zero-order chi connectivity index (χ0) is 6.95. The maximum Gasteiger partial charge on any atom is 0.0912 e. The molecule has 44 valence electrons. The SMILES string of the molecule is N#C/C=C\C=C/C#CBr. The van der Waals surface area contributed by atoms with Crippen molar-refractivity contribution in [1.29, 1.82) is 5.26 Å². The summed E-state index contributed by atoms with van der Waals surface area (Å²) in [5.74, 6) is 2.63. The van der Waals surface area contributed by atoms with E-state index in [1.165, 1.54) is 6.08 Å². The highest BCUT2D eigenvalue weighted by atomic mass is 79.9. The van der Waals surface area contributed by atoms with Crippen molar-refractivity contribution >= 4 is 15.9 Å². The van der Waals surface area contributed by atoms with E-state index in [2.05, 4.69) is 26.7 Å². The third-order valence-electron chi connectivity index (χ3n) is 0.516. The molecule has 0 saturated carbocycles. The van der Waals surface area contributed by atoms with Gasteiger partial charge >= 0.3 is 0 Å². The summed E-state index contributed by atoms with van der Waals surface area (Å²) < 4.78 is 0. The third kappa shape index (κ3) is 7.01. The molecule has 0 aliphatic rings. The third-order valence-corrected chi connectivity index (χ3v) is 0.745. The maximum atomic E-state index is 8.01. The first-order valence-electron chi connectivity index (χ1n) is 2.24. The number of nitriles is 1. The van der Waals surface area contributed by atoms with Crippen molar-refractivity contribution in [2.75, 3.05) is 0 Å². The van der Waals surface area contributed by atoms with Crippen LogP contribution in [0.4, 0.5) is 0 Å². The Labute approximate surface area is 62.8 Å². The number of nitrogens with zero attached hydrogens (tertiary/aromatic N) is 1. The normalized spacial score (nSPS) is 8.89. The van der Waals surface area contributed by atoms with Gasteiger partial charge < -0.3 is 0 Å². The molecule has 0 rings (SSSR count). The molecular formula is C7H4BrN. The smallest absolute Gasteiger partial charge is 0.0912 e. The molecule has 9 heavy (non-hydrogen) atoms. The highest BCUT2D eigenvalue weighted by Gasteiger charge is 1.58. The van der Waals surface area contributed by atoms with Crippen LogP contribution < -0.4 is 0 Å². The second kappa shape index (κ2) is 7.01. The molecule has 0 heterocycles. The average molecular weight is 182 g/mol. The minimum Gasteiger partial charge on any atom is -0.193 e. The molecule has 0 spiro atoms. The Balaban J connectivity index is 3.59. The molecule has 0 aromatic heterocycles. The largest absolute Gasteiger partial charge is 0.193 e. The number of rotatable bonds is 1. The first-order chi connectivity index (χ1) is 4.41. The van der Waals surface area contributed by atoms with Gasteiger partial charge in [0.1, 0.15) is 0 Å². The van der Waals surface area contributed by atoms with Crippen LogP contribution in [0.1, 0.15) is 0 Å². The van der Waals surface area contributed by atoms with E-state index in [1.54, 1.807) is 18.2 Å². The van der Waals surface area contributed by atoms with Gasteiger partial charge in [-0.3, -0.25) is 0 Å². The van der Waals surface area contributed by atoms with Crippen LogP contribution in [0.15, 0.2) is 24.3 Å². The van der Waals surface area contributed by atoms with Gasteiger partial charge in [0, 0.05) is 22.0 Å². The van der Waals surface area contributed by atoms with Crippen LogP contribution in [-0.2, 0) is 0 Å². The summed E-state index contributed by atoms with van der Waals surface area (Å²) in [6, 6.07) is 1.85. The molecule has 0 saturated heterocycles. The van der Waals surface area contributed by atoms with E-state index in [9.17, 15) is 0 Å². The molecule has 0 N–H and O–H groups in total. The van der Waals surface area contributed by atoms with Crippen LogP contribution in [0, 0.1) is 22.1 Å². The zero-order valence-electron chi connectivity index (χ0n) is 4.63. The maximum absolute atomic E-state index is 8.01. The van der Waals surface area contributed by atoms with Gasteiger partial charge in [-0.1, -0.05) is 18.1 Å². The lowest BCUT2D eigenvalue weighted by molar-refractivity contribution is 1.53. The standard InChI is InChI=1S/C7H4BrN/c8-6-4-2-1-3-5-7-9/h1-3,5H/b2-1-,5-3-. The molecular weight excluding hydrogens is 178 g/mol. The molecule has 0 aromatic rings. The van der Waals surface area contributed by atoms with Gasteiger partial charge in [-0.25, -0.2) is 0 Å². The summed E-state index contributed by atoms with van der Waals surface area (Å²) in [6.07, 6.45) is 6.34.